The monoisotopic (exact) mass is 696 g/mol. The molecule has 0 N–H and O–H groups in total. The summed E-state index contributed by atoms with van der Waals surface area (Å²) in [4.78, 5) is 4.47. The van der Waals surface area contributed by atoms with Crippen LogP contribution in [0.2, 0.25) is 0 Å². The summed E-state index contributed by atoms with van der Waals surface area (Å²) in [5.41, 5.74) is 16.3. The second kappa shape index (κ2) is 11.6. The first-order chi connectivity index (χ1) is 27.3. The SMILES string of the molecule is c1ccc(-c2c3c(c(-c4ccccc4)c4ccccc24)-c2ccc(-c4ccc5c(c4)c4cc6cnccc6cc4n5-c4ccccc4)c4cccc-3c24)cc1. The van der Waals surface area contributed by atoms with E-state index in [1.54, 1.807) is 0 Å². The smallest absolute Gasteiger partial charge is 0.0547 e. The maximum atomic E-state index is 4.47. The topological polar surface area (TPSA) is 17.8 Å². The maximum absolute atomic E-state index is 4.47. The van der Waals surface area contributed by atoms with Crippen LogP contribution in [-0.4, -0.2) is 9.55 Å². The molecule has 11 aromatic rings. The van der Waals surface area contributed by atoms with Gasteiger partial charge in [0.2, 0.25) is 0 Å². The van der Waals surface area contributed by atoms with E-state index < -0.39 is 0 Å². The lowest BCUT2D eigenvalue weighted by Crippen LogP contribution is -1.93. The molecule has 2 aromatic heterocycles. The van der Waals surface area contributed by atoms with Gasteiger partial charge in [-0.05, 0) is 125 Å². The second-order valence-electron chi connectivity index (χ2n) is 14.7. The van der Waals surface area contributed by atoms with E-state index in [4.69, 9.17) is 0 Å². The third-order valence-electron chi connectivity index (χ3n) is 11.8. The molecule has 2 nitrogen and oxygen atoms in total. The Labute approximate surface area is 318 Å². The van der Waals surface area contributed by atoms with Crippen LogP contribution in [0.4, 0.5) is 0 Å². The fourth-order valence-corrected chi connectivity index (χ4v) is 9.49. The normalized spacial score (nSPS) is 12.0. The molecule has 55 heavy (non-hydrogen) atoms. The first-order valence-electron chi connectivity index (χ1n) is 19.0. The van der Waals surface area contributed by atoms with Gasteiger partial charge in [-0.1, -0.05) is 140 Å². The summed E-state index contributed by atoms with van der Waals surface area (Å²) in [6.45, 7) is 0. The Morgan fingerprint density at radius 1 is 0.345 bits per heavy atom. The van der Waals surface area contributed by atoms with Crippen LogP contribution in [0.1, 0.15) is 0 Å². The number of hydrogen-bond donors (Lipinski definition) is 0. The summed E-state index contributed by atoms with van der Waals surface area (Å²) in [5, 5.41) is 9.94. The van der Waals surface area contributed by atoms with Gasteiger partial charge in [-0.3, -0.25) is 4.98 Å². The third kappa shape index (κ3) is 4.34. The van der Waals surface area contributed by atoms with Gasteiger partial charge in [0.15, 0.2) is 0 Å². The first kappa shape index (κ1) is 30.2. The van der Waals surface area contributed by atoms with Gasteiger partial charge in [0.05, 0.1) is 11.0 Å². The van der Waals surface area contributed by atoms with Gasteiger partial charge in [-0.15, -0.1) is 0 Å². The quantitative estimate of drug-likeness (QED) is 0.179. The molecular formula is C53H32N2. The van der Waals surface area contributed by atoms with Gasteiger partial charge in [-0.2, -0.15) is 0 Å². The Hall–Kier alpha value is -7.29. The third-order valence-corrected chi connectivity index (χ3v) is 11.8. The number of benzene rings is 9. The predicted octanol–water partition coefficient (Wildman–Crippen LogP) is 14.3. The van der Waals surface area contributed by atoms with Crippen LogP contribution in [0.3, 0.4) is 0 Å². The lowest BCUT2D eigenvalue weighted by molar-refractivity contribution is 1.18. The molecule has 0 saturated heterocycles. The van der Waals surface area contributed by atoms with Gasteiger partial charge in [-0.25, -0.2) is 0 Å². The van der Waals surface area contributed by atoms with E-state index in [1.807, 2.05) is 12.4 Å². The molecule has 0 radical (unpaired) electrons. The van der Waals surface area contributed by atoms with Crippen molar-refractivity contribution in [3.05, 3.63) is 194 Å². The molecule has 254 valence electrons. The van der Waals surface area contributed by atoms with Crippen LogP contribution in [0.15, 0.2) is 194 Å². The summed E-state index contributed by atoms with van der Waals surface area (Å²) >= 11 is 0. The van der Waals surface area contributed by atoms with Crippen molar-refractivity contribution in [1.82, 2.24) is 9.55 Å². The lowest BCUT2D eigenvalue weighted by atomic mass is 9.82. The van der Waals surface area contributed by atoms with Crippen molar-refractivity contribution in [2.24, 2.45) is 0 Å². The van der Waals surface area contributed by atoms with E-state index in [0.717, 1.165) is 11.1 Å². The maximum Gasteiger partial charge on any atom is 0.0547 e. The molecule has 0 spiro atoms. The van der Waals surface area contributed by atoms with E-state index in [2.05, 4.69) is 192 Å². The Balaban J connectivity index is 1.16. The number of hydrogen-bond acceptors (Lipinski definition) is 1. The van der Waals surface area contributed by atoms with Crippen molar-refractivity contribution in [3.63, 3.8) is 0 Å². The molecule has 1 aliphatic carbocycles. The summed E-state index contributed by atoms with van der Waals surface area (Å²) in [5.74, 6) is 0. The highest BCUT2D eigenvalue weighted by atomic mass is 15.0. The first-order valence-corrected chi connectivity index (χ1v) is 19.0. The molecule has 12 rings (SSSR count). The zero-order valence-electron chi connectivity index (χ0n) is 29.9. The van der Waals surface area contributed by atoms with Crippen LogP contribution in [0.5, 0.6) is 0 Å². The summed E-state index contributed by atoms with van der Waals surface area (Å²) in [7, 11) is 0. The number of pyridine rings is 1. The molecule has 0 bridgehead atoms. The molecular weight excluding hydrogens is 665 g/mol. The lowest BCUT2D eigenvalue weighted by Gasteiger charge is -2.20. The van der Waals surface area contributed by atoms with Gasteiger partial charge < -0.3 is 4.57 Å². The molecule has 1 aliphatic rings. The van der Waals surface area contributed by atoms with E-state index in [9.17, 15) is 0 Å². The largest absolute Gasteiger partial charge is 0.309 e. The van der Waals surface area contributed by atoms with Crippen LogP contribution in [0, 0.1) is 0 Å². The van der Waals surface area contributed by atoms with E-state index in [1.165, 1.54) is 104 Å². The summed E-state index contributed by atoms with van der Waals surface area (Å²) in [6.07, 6.45) is 3.85. The van der Waals surface area contributed by atoms with Crippen LogP contribution in [-0.2, 0) is 0 Å². The van der Waals surface area contributed by atoms with E-state index in [-0.39, 0.29) is 0 Å². The Morgan fingerprint density at radius 2 is 0.945 bits per heavy atom. The molecule has 0 saturated carbocycles. The molecule has 2 heteroatoms. The van der Waals surface area contributed by atoms with E-state index in [0.29, 0.717) is 0 Å². The highest BCUT2D eigenvalue weighted by Gasteiger charge is 2.31. The number of para-hydroxylation sites is 1. The van der Waals surface area contributed by atoms with Gasteiger partial charge in [0.25, 0.3) is 0 Å². The Kier molecular flexibility index (Phi) is 6.37. The van der Waals surface area contributed by atoms with Crippen molar-refractivity contribution in [2.45, 2.75) is 0 Å². The molecule has 9 aromatic carbocycles. The fourth-order valence-electron chi connectivity index (χ4n) is 9.49. The van der Waals surface area contributed by atoms with Crippen molar-refractivity contribution < 1.29 is 0 Å². The summed E-state index contributed by atoms with van der Waals surface area (Å²) in [6, 6.07) is 67.0. The molecule has 0 fully saturated rings. The fraction of sp³-hybridized carbons (Fsp3) is 0. The minimum absolute atomic E-state index is 1.14. The van der Waals surface area contributed by atoms with Crippen LogP contribution in [0.25, 0.3) is 115 Å². The molecule has 0 aliphatic heterocycles. The zero-order chi connectivity index (χ0) is 36.0. The number of nitrogens with zero attached hydrogens (tertiary/aromatic N) is 2. The number of fused-ring (bicyclic) bond motifs is 8. The van der Waals surface area contributed by atoms with Gasteiger partial charge >= 0.3 is 0 Å². The molecule has 0 unspecified atom stereocenters. The van der Waals surface area contributed by atoms with Gasteiger partial charge in [0.1, 0.15) is 0 Å². The second-order valence-corrected chi connectivity index (χ2v) is 14.7. The minimum Gasteiger partial charge on any atom is -0.309 e. The predicted molar refractivity (Wildman–Crippen MR) is 232 cm³/mol. The molecule has 2 heterocycles. The number of aromatic nitrogens is 2. The van der Waals surface area contributed by atoms with Crippen molar-refractivity contribution in [3.8, 4) is 61.3 Å². The summed E-state index contributed by atoms with van der Waals surface area (Å²) < 4.78 is 2.40. The highest BCUT2D eigenvalue weighted by Crippen LogP contribution is 2.58. The van der Waals surface area contributed by atoms with Crippen molar-refractivity contribution >= 4 is 54.1 Å². The van der Waals surface area contributed by atoms with Crippen LogP contribution < -0.4 is 0 Å². The van der Waals surface area contributed by atoms with E-state index >= 15 is 0 Å². The zero-order valence-corrected chi connectivity index (χ0v) is 29.9. The van der Waals surface area contributed by atoms with Crippen LogP contribution >= 0.6 is 0 Å². The van der Waals surface area contributed by atoms with Gasteiger partial charge in [0, 0.05) is 34.2 Å². The standard InChI is InChI=1S/C53H32N2/c1-4-13-33(14-5-1)49-41-19-10-11-20-42(41)50(34-15-6-2-7-16-34)53-44-25-24-39(40-21-12-22-43(51(40)44)52(49)53)36-23-26-47-45(29-36)46-30-37-32-54-28-27-35(37)31-48(46)55(47)38-17-8-3-9-18-38/h1-32H. The average Bonchev–Trinajstić information content (AvgIpc) is 3.75. The average molecular weight is 697 g/mol. The van der Waals surface area contributed by atoms with Crippen molar-refractivity contribution in [2.75, 3.05) is 0 Å². The minimum atomic E-state index is 1.14. The highest BCUT2D eigenvalue weighted by molar-refractivity contribution is 6.29. The Morgan fingerprint density at radius 3 is 1.65 bits per heavy atom. The number of rotatable bonds is 4. The molecule has 0 amide bonds. The molecule has 0 atom stereocenters. The van der Waals surface area contributed by atoms with Crippen molar-refractivity contribution in [1.29, 1.82) is 0 Å². The Bertz CT molecular complexity index is 3250.